The van der Waals surface area contributed by atoms with Crippen LogP contribution in [-0.4, -0.2) is 25.5 Å². The third-order valence-corrected chi connectivity index (χ3v) is 3.79. The van der Waals surface area contributed by atoms with Crippen molar-refractivity contribution in [3.8, 4) is 11.5 Å². The molecule has 0 atom stereocenters. The van der Waals surface area contributed by atoms with Gasteiger partial charge in [0.2, 0.25) is 11.8 Å². The summed E-state index contributed by atoms with van der Waals surface area (Å²) in [7, 11) is 1.33. The van der Waals surface area contributed by atoms with Gasteiger partial charge in [0.1, 0.15) is 0 Å². The Morgan fingerprint density at radius 3 is 2.17 bits per heavy atom. The highest BCUT2D eigenvalue weighted by molar-refractivity contribution is 6.02. The zero-order valence-electron chi connectivity index (χ0n) is 16.2. The molecule has 0 saturated heterocycles. The fraction of sp³-hybridized carbons (Fsp3) is 0.238. The van der Waals surface area contributed by atoms with E-state index in [4.69, 9.17) is 4.74 Å². The zero-order chi connectivity index (χ0) is 21.4. The molecule has 2 amide bonds. The molecule has 0 aliphatic rings. The molecule has 6 nitrogen and oxygen atoms in total. The molecule has 0 aliphatic heterocycles. The maximum absolute atomic E-state index is 12.7. The van der Waals surface area contributed by atoms with Gasteiger partial charge in [0.25, 0.3) is 0 Å². The Labute approximate surface area is 167 Å². The number of hydrogen-bond donors (Lipinski definition) is 2. The second kappa shape index (κ2) is 10.2. The Bertz CT molecular complexity index is 881. The minimum Gasteiger partial charge on any atom is -0.493 e. The monoisotopic (exact) mass is 404 g/mol. The van der Waals surface area contributed by atoms with Crippen molar-refractivity contribution in [1.82, 2.24) is 0 Å². The predicted molar refractivity (Wildman–Crippen MR) is 107 cm³/mol. The van der Waals surface area contributed by atoms with Gasteiger partial charge >= 0.3 is 6.61 Å². The van der Waals surface area contributed by atoms with Gasteiger partial charge in [0.15, 0.2) is 11.5 Å². The van der Waals surface area contributed by atoms with E-state index in [9.17, 15) is 18.4 Å². The van der Waals surface area contributed by atoms with Crippen molar-refractivity contribution in [2.24, 2.45) is 5.92 Å². The highest BCUT2D eigenvalue weighted by Gasteiger charge is 2.14. The molecule has 154 valence electrons. The summed E-state index contributed by atoms with van der Waals surface area (Å²) in [5.41, 5.74) is 1.39. The maximum atomic E-state index is 12.7. The van der Waals surface area contributed by atoms with E-state index >= 15 is 0 Å². The number of carbonyl (C=O) groups excluding carboxylic acids is 2. The Morgan fingerprint density at radius 1 is 1.00 bits per heavy atom. The Kier molecular flexibility index (Phi) is 7.70. The number of alkyl halides is 2. The summed E-state index contributed by atoms with van der Waals surface area (Å²) in [4.78, 5) is 23.8. The largest absolute Gasteiger partial charge is 0.493 e. The molecule has 0 heterocycles. The van der Waals surface area contributed by atoms with Gasteiger partial charge in [-0.3, -0.25) is 9.59 Å². The van der Waals surface area contributed by atoms with Gasteiger partial charge in [-0.05, 0) is 36.4 Å². The number of carbonyl (C=O) groups is 2. The van der Waals surface area contributed by atoms with Crippen molar-refractivity contribution in [3.05, 3.63) is 54.1 Å². The van der Waals surface area contributed by atoms with Crippen LogP contribution >= 0.6 is 0 Å². The second-order valence-electron chi connectivity index (χ2n) is 6.30. The topological polar surface area (TPSA) is 76.7 Å². The van der Waals surface area contributed by atoms with Crippen LogP contribution in [-0.2, 0) is 9.59 Å². The fourth-order valence-electron chi connectivity index (χ4n) is 2.31. The van der Waals surface area contributed by atoms with Crippen molar-refractivity contribution in [2.45, 2.75) is 20.5 Å². The van der Waals surface area contributed by atoms with Crippen molar-refractivity contribution >= 4 is 29.3 Å². The molecule has 0 fully saturated rings. The molecule has 2 N–H and O–H groups in total. The van der Waals surface area contributed by atoms with Gasteiger partial charge in [-0.15, -0.1) is 0 Å². The van der Waals surface area contributed by atoms with E-state index in [1.54, 1.807) is 44.2 Å². The molecule has 2 aromatic rings. The van der Waals surface area contributed by atoms with Gasteiger partial charge in [0.05, 0.1) is 7.11 Å². The third kappa shape index (κ3) is 6.60. The summed E-state index contributed by atoms with van der Waals surface area (Å²) in [6.45, 7) is 0.550. The fourth-order valence-corrected chi connectivity index (χ4v) is 2.31. The second-order valence-corrected chi connectivity index (χ2v) is 6.30. The molecule has 0 aliphatic carbocycles. The van der Waals surface area contributed by atoms with Crippen LogP contribution in [0.5, 0.6) is 11.5 Å². The standard InChI is InChI=1S/C21H22F2N2O4/c1-13(2)20(27)25-16-10-8-15(9-11-16)24-18(26)12-7-14-5-4-6-17(28-3)19(14)29-21(22)23/h4-13,21H,1-3H3,(H,24,26)(H,25,27)/b12-7+. The number of anilines is 2. The number of benzene rings is 2. The van der Waals surface area contributed by atoms with Gasteiger partial charge < -0.3 is 20.1 Å². The van der Waals surface area contributed by atoms with E-state index in [0.29, 0.717) is 11.4 Å². The summed E-state index contributed by atoms with van der Waals surface area (Å²) in [6.07, 6.45) is 2.55. The van der Waals surface area contributed by atoms with E-state index in [1.165, 1.54) is 31.4 Å². The van der Waals surface area contributed by atoms with Crippen LogP contribution in [0.3, 0.4) is 0 Å². The quantitative estimate of drug-likeness (QED) is 0.633. The van der Waals surface area contributed by atoms with Crippen LogP contribution < -0.4 is 20.1 Å². The Morgan fingerprint density at radius 2 is 1.62 bits per heavy atom. The van der Waals surface area contributed by atoms with Crippen LogP contribution in [0.15, 0.2) is 48.5 Å². The molecule has 0 aromatic heterocycles. The number of para-hydroxylation sites is 1. The number of hydrogen-bond acceptors (Lipinski definition) is 4. The van der Waals surface area contributed by atoms with E-state index in [2.05, 4.69) is 15.4 Å². The first-order valence-electron chi connectivity index (χ1n) is 8.82. The average Bonchev–Trinajstić information content (AvgIpc) is 2.68. The number of halogens is 2. The van der Waals surface area contributed by atoms with E-state index in [-0.39, 0.29) is 28.9 Å². The maximum Gasteiger partial charge on any atom is 0.387 e. The van der Waals surface area contributed by atoms with Crippen LogP contribution in [0.2, 0.25) is 0 Å². The summed E-state index contributed by atoms with van der Waals surface area (Å²) in [5, 5.41) is 5.39. The first-order valence-corrected chi connectivity index (χ1v) is 8.82. The van der Waals surface area contributed by atoms with Crippen molar-refractivity contribution in [2.75, 3.05) is 17.7 Å². The lowest BCUT2D eigenvalue weighted by Gasteiger charge is -2.12. The minimum atomic E-state index is -3.03. The van der Waals surface area contributed by atoms with Crippen molar-refractivity contribution in [3.63, 3.8) is 0 Å². The van der Waals surface area contributed by atoms with E-state index in [0.717, 1.165) is 0 Å². The lowest BCUT2D eigenvalue weighted by Crippen LogP contribution is -2.17. The van der Waals surface area contributed by atoms with Crippen LogP contribution in [0.4, 0.5) is 20.2 Å². The first kappa shape index (κ1) is 21.9. The van der Waals surface area contributed by atoms with Crippen LogP contribution in [0.25, 0.3) is 6.08 Å². The molecule has 0 unspecified atom stereocenters. The molecule has 2 aromatic carbocycles. The predicted octanol–water partition coefficient (Wildman–Crippen LogP) is 4.54. The Balaban J connectivity index is 2.06. The number of rotatable bonds is 8. The minimum absolute atomic E-state index is 0.107. The van der Waals surface area contributed by atoms with E-state index < -0.39 is 12.5 Å². The lowest BCUT2D eigenvalue weighted by molar-refractivity contribution is -0.119. The SMILES string of the molecule is COc1cccc(/C=C/C(=O)Nc2ccc(NC(=O)C(C)C)cc2)c1OC(F)F. The lowest BCUT2D eigenvalue weighted by atomic mass is 10.1. The molecular formula is C21H22F2N2O4. The molecular weight excluding hydrogens is 382 g/mol. The Hall–Kier alpha value is -3.42. The summed E-state index contributed by atoms with van der Waals surface area (Å²) in [6, 6.07) is 11.2. The summed E-state index contributed by atoms with van der Waals surface area (Å²) in [5.74, 6) is -0.735. The summed E-state index contributed by atoms with van der Waals surface area (Å²) >= 11 is 0. The third-order valence-electron chi connectivity index (χ3n) is 3.79. The zero-order valence-corrected chi connectivity index (χ0v) is 16.2. The van der Waals surface area contributed by atoms with Crippen molar-refractivity contribution in [1.29, 1.82) is 0 Å². The first-order chi connectivity index (χ1) is 13.8. The van der Waals surface area contributed by atoms with Crippen molar-refractivity contribution < 1.29 is 27.8 Å². The molecule has 2 rings (SSSR count). The molecule has 0 saturated carbocycles. The van der Waals surface area contributed by atoms with E-state index in [1.807, 2.05) is 0 Å². The van der Waals surface area contributed by atoms with Gasteiger partial charge in [-0.1, -0.05) is 26.0 Å². The molecule has 29 heavy (non-hydrogen) atoms. The normalized spacial score (nSPS) is 11.0. The van der Waals surface area contributed by atoms with Crippen LogP contribution in [0.1, 0.15) is 19.4 Å². The summed E-state index contributed by atoms with van der Waals surface area (Å²) < 4.78 is 34.8. The molecule has 0 spiro atoms. The highest BCUT2D eigenvalue weighted by atomic mass is 19.3. The van der Waals surface area contributed by atoms with Gasteiger partial charge in [-0.25, -0.2) is 0 Å². The van der Waals surface area contributed by atoms with Gasteiger partial charge in [-0.2, -0.15) is 8.78 Å². The molecule has 0 radical (unpaired) electrons. The number of ether oxygens (including phenoxy) is 2. The molecule has 8 heteroatoms. The number of nitrogens with one attached hydrogen (secondary N) is 2. The smallest absolute Gasteiger partial charge is 0.387 e. The number of amides is 2. The van der Waals surface area contributed by atoms with Crippen LogP contribution in [0, 0.1) is 5.92 Å². The van der Waals surface area contributed by atoms with Gasteiger partial charge in [0, 0.05) is 28.9 Å². The number of methoxy groups -OCH3 is 1. The highest BCUT2D eigenvalue weighted by Crippen LogP contribution is 2.33. The average molecular weight is 404 g/mol. The molecule has 0 bridgehead atoms.